The van der Waals surface area contributed by atoms with Gasteiger partial charge in [-0.2, -0.15) is 0 Å². The zero-order valence-corrected chi connectivity index (χ0v) is 12.1. The number of carbonyl (C=O) groups is 2. The summed E-state index contributed by atoms with van der Waals surface area (Å²) >= 11 is 0. The van der Waals surface area contributed by atoms with Gasteiger partial charge in [-0.05, 0) is 30.5 Å². The van der Waals surface area contributed by atoms with Gasteiger partial charge in [0.05, 0.1) is 0 Å². The van der Waals surface area contributed by atoms with Gasteiger partial charge in [-0.15, -0.1) is 0 Å². The lowest BCUT2D eigenvalue weighted by Gasteiger charge is -2.27. The van der Waals surface area contributed by atoms with Crippen molar-refractivity contribution in [3.05, 3.63) is 41.5 Å². The number of rotatable bonds is 3. The van der Waals surface area contributed by atoms with E-state index in [4.69, 9.17) is 0 Å². The summed E-state index contributed by atoms with van der Waals surface area (Å²) in [5.74, 6) is -0.0388. The number of hydrogen-bond acceptors (Lipinski definition) is 3. The van der Waals surface area contributed by atoms with E-state index >= 15 is 0 Å². The van der Waals surface area contributed by atoms with Crippen LogP contribution in [0, 0.1) is 5.92 Å². The van der Waals surface area contributed by atoms with Gasteiger partial charge in [0.1, 0.15) is 5.75 Å². The SMILES string of the molecule is CC(C)CCN1C(=O)c2cccc3c(O)ccc(c23)C1=O. The van der Waals surface area contributed by atoms with E-state index in [1.54, 1.807) is 24.3 Å². The van der Waals surface area contributed by atoms with Crippen molar-refractivity contribution < 1.29 is 14.7 Å². The normalized spacial score (nSPS) is 14.3. The summed E-state index contributed by atoms with van der Waals surface area (Å²) in [7, 11) is 0. The molecule has 2 aromatic rings. The maximum atomic E-state index is 12.6. The van der Waals surface area contributed by atoms with Crippen molar-refractivity contribution >= 4 is 22.6 Å². The predicted octanol–water partition coefficient (Wildman–Crippen LogP) is 3.19. The Morgan fingerprint density at radius 3 is 2.38 bits per heavy atom. The van der Waals surface area contributed by atoms with E-state index in [-0.39, 0.29) is 17.6 Å². The summed E-state index contributed by atoms with van der Waals surface area (Å²) in [6, 6.07) is 8.27. The van der Waals surface area contributed by atoms with Crippen LogP contribution in [0.25, 0.3) is 10.8 Å². The van der Waals surface area contributed by atoms with Gasteiger partial charge in [0.25, 0.3) is 11.8 Å². The molecule has 0 bridgehead atoms. The summed E-state index contributed by atoms with van der Waals surface area (Å²) < 4.78 is 0. The highest BCUT2D eigenvalue weighted by atomic mass is 16.3. The molecule has 21 heavy (non-hydrogen) atoms. The lowest BCUT2D eigenvalue weighted by Crippen LogP contribution is -2.41. The molecule has 0 radical (unpaired) electrons. The number of nitrogens with zero attached hydrogens (tertiary/aromatic N) is 1. The Bertz CT molecular complexity index is 727. The fourth-order valence-electron chi connectivity index (χ4n) is 2.72. The zero-order valence-electron chi connectivity index (χ0n) is 12.1. The third-order valence-electron chi connectivity index (χ3n) is 3.90. The molecular weight excluding hydrogens is 266 g/mol. The Hall–Kier alpha value is -2.36. The molecule has 0 unspecified atom stereocenters. The van der Waals surface area contributed by atoms with Gasteiger partial charge in [0.15, 0.2) is 0 Å². The molecule has 0 fully saturated rings. The first-order valence-electron chi connectivity index (χ1n) is 7.11. The first kappa shape index (κ1) is 13.6. The maximum absolute atomic E-state index is 12.6. The molecule has 0 atom stereocenters. The number of carbonyl (C=O) groups excluding carboxylic acids is 2. The minimum Gasteiger partial charge on any atom is -0.507 e. The largest absolute Gasteiger partial charge is 0.507 e. The van der Waals surface area contributed by atoms with Crippen LogP contribution in [-0.2, 0) is 0 Å². The van der Waals surface area contributed by atoms with Crippen molar-refractivity contribution in [2.45, 2.75) is 20.3 Å². The van der Waals surface area contributed by atoms with Crippen LogP contribution in [0.3, 0.4) is 0 Å². The summed E-state index contributed by atoms with van der Waals surface area (Å²) in [5, 5.41) is 11.0. The predicted molar refractivity (Wildman–Crippen MR) is 80.4 cm³/mol. The molecular formula is C17H17NO3. The van der Waals surface area contributed by atoms with E-state index in [0.717, 1.165) is 6.42 Å². The molecule has 2 amide bonds. The summed E-state index contributed by atoms with van der Waals surface area (Å²) in [6.45, 7) is 4.54. The Morgan fingerprint density at radius 2 is 1.71 bits per heavy atom. The van der Waals surface area contributed by atoms with E-state index in [9.17, 15) is 14.7 Å². The van der Waals surface area contributed by atoms with Crippen LogP contribution in [0.4, 0.5) is 0 Å². The van der Waals surface area contributed by atoms with Gasteiger partial charge in [-0.25, -0.2) is 0 Å². The van der Waals surface area contributed by atoms with Crippen molar-refractivity contribution in [1.29, 1.82) is 0 Å². The monoisotopic (exact) mass is 283 g/mol. The van der Waals surface area contributed by atoms with Gasteiger partial charge in [-0.1, -0.05) is 26.0 Å². The average molecular weight is 283 g/mol. The van der Waals surface area contributed by atoms with Crippen LogP contribution in [-0.4, -0.2) is 28.4 Å². The molecule has 1 aliphatic rings. The van der Waals surface area contributed by atoms with Crippen LogP contribution < -0.4 is 0 Å². The standard InChI is InChI=1S/C17H17NO3/c1-10(2)8-9-18-16(20)12-5-3-4-11-14(19)7-6-13(15(11)12)17(18)21/h3-7,10,19H,8-9H2,1-2H3. The quantitative estimate of drug-likeness (QED) is 0.880. The number of hydrogen-bond donors (Lipinski definition) is 1. The van der Waals surface area contributed by atoms with Crippen LogP contribution >= 0.6 is 0 Å². The van der Waals surface area contributed by atoms with Gasteiger partial charge in [-0.3, -0.25) is 14.5 Å². The molecule has 0 spiro atoms. The highest BCUT2D eigenvalue weighted by Gasteiger charge is 2.32. The van der Waals surface area contributed by atoms with Crippen molar-refractivity contribution in [2.75, 3.05) is 6.54 Å². The van der Waals surface area contributed by atoms with Gasteiger partial charge < -0.3 is 5.11 Å². The van der Waals surface area contributed by atoms with E-state index < -0.39 is 0 Å². The molecule has 3 rings (SSSR count). The minimum absolute atomic E-state index is 0.0897. The fourth-order valence-corrected chi connectivity index (χ4v) is 2.72. The Labute approximate surface area is 123 Å². The van der Waals surface area contributed by atoms with Crippen LogP contribution in [0.1, 0.15) is 41.0 Å². The summed E-state index contributed by atoms with van der Waals surface area (Å²) in [5.41, 5.74) is 0.975. The van der Waals surface area contributed by atoms with Crippen LogP contribution in [0.2, 0.25) is 0 Å². The molecule has 2 aromatic carbocycles. The smallest absolute Gasteiger partial charge is 0.261 e. The van der Waals surface area contributed by atoms with Gasteiger partial charge in [0.2, 0.25) is 0 Å². The van der Waals surface area contributed by atoms with Crippen molar-refractivity contribution in [1.82, 2.24) is 4.90 Å². The summed E-state index contributed by atoms with van der Waals surface area (Å²) in [6.07, 6.45) is 0.779. The maximum Gasteiger partial charge on any atom is 0.261 e. The summed E-state index contributed by atoms with van der Waals surface area (Å²) in [4.78, 5) is 26.4. The van der Waals surface area contributed by atoms with E-state index in [0.29, 0.717) is 34.4 Å². The molecule has 0 aliphatic carbocycles. The Balaban J connectivity index is 2.15. The second-order valence-corrected chi connectivity index (χ2v) is 5.80. The zero-order chi connectivity index (χ0) is 15.1. The van der Waals surface area contributed by atoms with Crippen molar-refractivity contribution in [2.24, 2.45) is 5.92 Å². The number of aromatic hydroxyl groups is 1. The number of phenolic OH excluding ortho intramolecular Hbond substituents is 1. The average Bonchev–Trinajstić information content (AvgIpc) is 2.45. The van der Waals surface area contributed by atoms with Crippen LogP contribution in [0.15, 0.2) is 30.3 Å². The molecule has 4 nitrogen and oxygen atoms in total. The number of amides is 2. The second kappa shape index (κ2) is 4.88. The number of imide groups is 1. The highest BCUT2D eigenvalue weighted by molar-refractivity contribution is 6.26. The molecule has 1 N–H and O–H groups in total. The number of phenols is 1. The molecule has 4 heteroatoms. The lowest BCUT2D eigenvalue weighted by atomic mass is 9.93. The van der Waals surface area contributed by atoms with E-state index in [1.165, 1.54) is 11.0 Å². The fraction of sp³-hybridized carbons (Fsp3) is 0.294. The number of benzene rings is 2. The topological polar surface area (TPSA) is 57.6 Å². The molecule has 0 saturated heterocycles. The van der Waals surface area contributed by atoms with E-state index in [1.807, 2.05) is 0 Å². The Morgan fingerprint density at radius 1 is 1.05 bits per heavy atom. The van der Waals surface area contributed by atoms with Crippen molar-refractivity contribution in [3.8, 4) is 5.75 Å². The first-order chi connectivity index (χ1) is 10.0. The molecule has 108 valence electrons. The second-order valence-electron chi connectivity index (χ2n) is 5.80. The van der Waals surface area contributed by atoms with Gasteiger partial charge >= 0.3 is 0 Å². The lowest BCUT2D eigenvalue weighted by molar-refractivity contribution is 0.0604. The Kier molecular flexibility index (Phi) is 3.16. The van der Waals surface area contributed by atoms with Gasteiger partial charge in [0, 0.05) is 28.4 Å². The van der Waals surface area contributed by atoms with Crippen molar-refractivity contribution in [3.63, 3.8) is 0 Å². The highest BCUT2D eigenvalue weighted by Crippen LogP contribution is 2.34. The molecule has 1 heterocycles. The third-order valence-corrected chi connectivity index (χ3v) is 3.90. The van der Waals surface area contributed by atoms with E-state index in [2.05, 4.69) is 13.8 Å². The first-order valence-corrected chi connectivity index (χ1v) is 7.11. The minimum atomic E-state index is -0.274. The molecule has 0 saturated carbocycles. The molecule has 0 aromatic heterocycles. The third kappa shape index (κ3) is 2.07. The molecule has 1 aliphatic heterocycles. The van der Waals surface area contributed by atoms with Crippen LogP contribution in [0.5, 0.6) is 5.75 Å².